The number of methoxy groups -OCH3 is 1. The van der Waals surface area contributed by atoms with E-state index in [4.69, 9.17) is 19.3 Å². The van der Waals surface area contributed by atoms with Gasteiger partial charge in [-0.1, -0.05) is 0 Å². The van der Waals surface area contributed by atoms with Gasteiger partial charge >= 0.3 is 5.97 Å². The SMILES string of the molecule is COCCCOCCOc1ccc(C(=O)O)c([N+](=O)[O-])c1. The number of hydrogen-bond donors (Lipinski definition) is 1. The van der Waals surface area contributed by atoms with E-state index in [2.05, 4.69) is 0 Å². The maximum atomic E-state index is 10.8. The first-order chi connectivity index (χ1) is 10.1. The highest BCUT2D eigenvalue weighted by Crippen LogP contribution is 2.24. The minimum atomic E-state index is -1.35. The van der Waals surface area contributed by atoms with Gasteiger partial charge in [0.05, 0.1) is 17.6 Å². The van der Waals surface area contributed by atoms with Crippen molar-refractivity contribution in [3.05, 3.63) is 33.9 Å². The van der Waals surface area contributed by atoms with E-state index in [1.54, 1.807) is 7.11 Å². The van der Waals surface area contributed by atoms with Gasteiger partial charge in [-0.25, -0.2) is 4.79 Å². The van der Waals surface area contributed by atoms with Crippen LogP contribution < -0.4 is 4.74 Å². The van der Waals surface area contributed by atoms with Crippen LogP contribution in [0, 0.1) is 10.1 Å². The molecule has 0 bridgehead atoms. The minimum Gasteiger partial charge on any atom is -0.491 e. The van der Waals surface area contributed by atoms with E-state index in [9.17, 15) is 14.9 Å². The largest absolute Gasteiger partial charge is 0.491 e. The molecule has 0 aliphatic rings. The number of aromatic carboxylic acids is 1. The Balaban J connectivity index is 2.47. The van der Waals surface area contributed by atoms with E-state index in [1.165, 1.54) is 6.07 Å². The van der Waals surface area contributed by atoms with Crippen molar-refractivity contribution in [2.24, 2.45) is 0 Å². The van der Waals surface area contributed by atoms with Crippen molar-refractivity contribution < 1.29 is 29.0 Å². The highest BCUT2D eigenvalue weighted by molar-refractivity contribution is 5.92. The van der Waals surface area contributed by atoms with Crippen molar-refractivity contribution in [2.45, 2.75) is 6.42 Å². The van der Waals surface area contributed by atoms with E-state index in [0.29, 0.717) is 19.8 Å². The zero-order valence-electron chi connectivity index (χ0n) is 11.6. The molecular formula is C13H17NO7. The molecule has 0 heterocycles. The van der Waals surface area contributed by atoms with Crippen LogP contribution in [0.15, 0.2) is 18.2 Å². The minimum absolute atomic E-state index is 0.219. The number of nitro groups is 1. The average Bonchev–Trinajstić information content (AvgIpc) is 2.46. The Morgan fingerprint density at radius 3 is 2.67 bits per heavy atom. The second kappa shape index (κ2) is 8.88. The number of nitrogens with zero attached hydrogens (tertiary/aromatic N) is 1. The molecule has 0 saturated heterocycles. The Morgan fingerprint density at radius 2 is 2.05 bits per heavy atom. The molecule has 0 fully saturated rings. The Kier molecular flexibility index (Phi) is 7.13. The zero-order chi connectivity index (χ0) is 15.7. The molecule has 0 radical (unpaired) electrons. The van der Waals surface area contributed by atoms with E-state index in [-0.39, 0.29) is 17.9 Å². The van der Waals surface area contributed by atoms with Crippen LogP contribution in [0.1, 0.15) is 16.8 Å². The van der Waals surface area contributed by atoms with Crippen molar-refractivity contribution in [1.29, 1.82) is 0 Å². The van der Waals surface area contributed by atoms with Gasteiger partial charge in [0.25, 0.3) is 5.69 Å². The summed E-state index contributed by atoms with van der Waals surface area (Å²) in [5, 5.41) is 19.7. The van der Waals surface area contributed by atoms with Gasteiger partial charge < -0.3 is 19.3 Å². The lowest BCUT2D eigenvalue weighted by Gasteiger charge is -2.07. The molecule has 1 N–H and O–H groups in total. The number of rotatable bonds is 10. The molecule has 0 unspecified atom stereocenters. The Bertz CT molecular complexity index is 489. The smallest absolute Gasteiger partial charge is 0.342 e. The summed E-state index contributed by atoms with van der Waals surface area (Å²) in [6, 6.07) is 3.62. The van der Waals surface area contributed by atoms with Gasteiger partial charge in [-0.3, -0.25) is 10.1 Å². The monoisotopic (exact) mass is 299 g/mol. The highest BCUT2D eigenvalue weighted by atomic mass is 16.6. The van der Waals surface area contributed by atoms with Crippen LogP contribution in [0.25, 0.3) is 0 Å². The average molecular weight is 299 g/mol. The molecular weight excluding hydrogens is 282 g/mol. The summed E-state index contributed by atoms with van der Waals surface area (Å²) in [5.41, 5.74) is -0.871. The number of ether oxygens (including phenoxy) is 3. The maximum Gasteiger partial charge on any atom is 0.342 e. The third-order valence-electron chi connectivity index (χ3n) is 2.53. The number of carboxylic acid groups (broad SMARTS) is 1. The van der Waals surface area contributed by atoms with E-state index < -0.39 is 16.6 Å². The molecule has 0 aliphatic carbocycles. The summed E-state index contributed by atoms with van der Waals surface area (Å²) in [7, 11) is 1.61. The number of carbonyl (C=O) groups is 1. The van der Waals surface area contributed by atoms with Crippen LogP contribution in [-0.2, 0) is 9.47 Å². The summed E-state index contributed by atoms with van der Waals surface area (Å²) in [6.45, 7) is 1.70. The predicted molar refractivity (Wildman–Crippen MR) is 72.9 cm³/mol. The molecule has 1 aromatic carbocycles. The van der Waals surface area contributed by atoms with Gasteiger partial charge in [0, 0.05) is 20.3 Å². The maximum absolute atomic E-state index is 10.8. The van der Waals surface area contributed by atoms with Crippen LogP contribution in [0.3, 0.4) is 0 Å². The van der Waals surface area contributed by atoms with Crippen LogP contribution in [-0.4, -0.2) is 49.5 Å². The van der Waals surface area contributed by atoms with Crippen LogP contribution in [0.5, 0.6) is 5.75 Å². The van der Waals surface area contributed by atoms with Gasteiger partial charge in [-0.2, -0.15) is 0 Å². The lowest BCUT2D eigenvalue weighted by molar-refractivity contribution is -0.385. The fourth-order valence-corrected chi connectivity index (χ4v) is 1.56. The second-order valence-electron chi connectivity index (χ2n) is 4.05. The zero-order valence-corrected chi connectivity index (χ0v) is 11.6. The van der Waals surface area contributed by atoms with Crippen molar-refractivity contribution in [1.82, 2.24) is 0 Å². The van der Waals surface area contributed by atoms with Crippen molar-refractivity contribution in [3.8, 4) is 5.75 Å². The molecule has 1 aromatic rings. The summed E-state index contributed by atoms with van der Waals surface area (Å²) >= 11 is 0. The molecule has 0 atom stereocenters. The Labute approximate surface area is 121 Å². The standard InChI is InChI=1S/C13H17NO7/c1-19-5-2-6-20-7-8-21-10-3-4-11(13(15)16)12(9-10)14(17)18/h3-4,9H,2,5-8H2,1H3,(H,15,16). The molecule has 1 rings (SSSR count). The number of benzene rings is 1. The summed E-state index contributed by atoms with van der Waals surface area (Å²) in [5.74, 6) is -1.12. The molecule has 0 aliphatic heterocycles. The molecule has 0 amide bonds. The lowest BCUT2D eigenvalue weighted by atomic mass is 10.2. The second-order valence-corrected chi connectivity index (χ2v) is 4.05. The Morgan fingerprint density at radius 1 is 1.29 bits per heavy atom. The van der Waals surface area contributed by atoms with Gasteiger partial charge in [-0.15, -0.1) is 0 Å². The van der Waals surface area contributed by atoms with Gasteiger partial charge in [0.2, 0.25) is 0 Å². The quantitative estimate of drug-likeness (QED) is 0.398. The van der Waals surface area contributed by atoms with E-state index >= 15 is 0 Å². The van der Waals surface area contributed by atoms with Gasteiger partial charge in [0.15, 0.2) is 0 Å². The molecule has 8 nitrogen and oxygen atoms in total. The highest BCUT2D eigenvalue weighted by Gasteiger charge is 2.20. The fourth-order valence-electron chi connectivity index (χ4n) is 1.56. The summed E-state index contributed by atoms with van der Waals surface area (Å²) in [6.07, 6.45) is 0.773. The summed E-state index contributed by atoms with van der Waals surface area (Å²) < 4.78 is 15.4. The number of nitro benzene ring substituents is 1. The van der Waals surface area contributed by atoms with Crippen molar-refractivity contribution in [3.63, 3.8) is 0 Å². The first-order valence-corrected chi connectivity index (χ1v) is 6.27. The van der Waals surface area contributed by atoms with Crippen molar-refractivity contribution in [2.75, 3.05) is 33.5 Å². The van der Waals surface area contributed by atoms with Crippen molar-refractivity contribution >= 4 is 11.7 Å². The van der Waals surface area contributed by atoms with E-state index in [1.807, 2.05) is 0 Å². The first-order valence-electron chi connectivity index (χ1n) is 6.27. The molecule has 116 valence electrons. The molecule has 0 saturated carbocycles. The Hall–Kier alpha value is -2.19. The third-order valence-corrected chi connectivity index (χ3v) is 2.53. The molecule has 21 heavy (non-hydrogen) atoms. The number of hydrogen-bond acceptors (Lipinski definition) is 6. The number of carboxylic acids is 1. The molecule has 8 heteroatoms. The first kappa shape index (κ1) is 16.9. The summed E-state index contributed by atoms with van der Waals surface area (Å²) in [4.78, 5) is 20.9. The van der Waals surface area contributed by atoms with Crippen LogP contribution >= 0.6 is 0 Å². The topological polar surface area (TPSA) is 108 Å². The van der Waals surface area contributed by atoms with Gasteiger partial charge in [0.1, 0.15) is 17.9 Å². The van der Waals surface area contributed by atoms with Crippen LogP contribution in [0.4, 0.5) is 5.69 Å². The fraction of sp³-hybridized carbons (Fsp3) is 0.462. The van der Waals surface area contributed by atoms with Gasteiger partial charge in [-0.05, 0) is 18.6 Å². The lowest BCUT2D eigenvalue weighted by Crippen LogP contribution is -2.09. The normalized spacial score (nSPS) is 10.3. The van der Waals surface area contributed by atoms with E-state index in [0.717, 1.165) is 18.6 Å². The molecule has 0 aromatic heterocycles. The van der Waals surface area contributed by atoms with Crippen LogP contribution in [0.2, 0.25) is 0 Å². The predicted octanol–water partition coefficient (Wildman–Crippen LogP) is 1.72. The molecule has 0 spiro atoms. The third kappa shape index (κ3) is 5.76.